The van der Waals surface area contributed by atoms with Crippen LogP contribution in [0.4, 0.5) is 0 Å². The molecule has 3 rings (SSSR count). The van der Waals surface area contributed by atoms with E-state index in [1.54, 1.807) is 24.5 Å². The number of hydrogen-bond donors (Lipinski definition) is 0. The molecule has 8 heteroatoms. The van der Waals surface area contributed by atoms with Crippen molar-refractivity contribution in [2.24, 2.45) is 0 Å². The number of ether oxygens (including phenoxy) is 1. The van der Waals surface area contributed by atoms with E-state index in [4.69, 9.17) is 4.42 Å². The van der Waals surface area contributed by atoms with Crippen LogP contribution in [0.15, 0.2) is 46.2 Å². The van der Waals surface area contributed by atoms with Crippen LogP contribution in [0.1, 0.15) is 35.0 Å². The van der Waals surface area contributed by atoms with Crippen molar-refractivity contribution in [1.82, 2.24) is 9.29 Å². The van der Waals surface area contributed by atoms with Crippen LogP contribution in [0.3, 0.4) is 0 Å². The van der Waals surface area contributed by atoms with Crippen LogP contribution in [-0.4, -0.2) is 37.3 Å². The van der Waals surface area contributed by atoms with Crippen molar-refractivity contribution >= 4 is 16.0 Å². The van der Waals surface area contributed by atoms with Gasteiger partial charge in [-0.25, -0.2) is 13.2 Å². The lowest BCUT2D eigenvalue weighted by atomic mass is 10.1. The number of nitrogens with zero attached hydrogens (tertiary/aromatic N) is 2. The van der Waals surface area contributed by atoms with Gasteiger partial charge in [-0.15, -0.1) is 0 Å². The zero-order chi connectivity index (χ0) is 16.4. The van der Waals surface area contributed by atoms with E-state index in [1.807, 2.05) is 0 Å². The summed E-state index contributed by atoms with van der Waals surface area (Å²) < 4.78 is 36.7. The summed E-state index contributed by atoms with van der Waals surface area (Å²) in [6, 6.07) is 5.94. The Balaban J connectivity index is 1.92. The molecule has 0 radical (unpaired) electrons. The number of methoxy groups -OCH3 is 1. The minimum Gasteiger partial charge on any atom is -0.463 e. The van der Waals surface area contributed by atoms with Gasteiger partial charge >= 0.3 is 5.97 Å². The summed E-state index contributed by atoms with van der Waals surface area (Å²) in [4.78, 5) is 15.4. The maximum Gasteiger partial charge on any atom is 0.374 e. The molecule has 1 unspecified atom stereocenters. The Bertz CT molecular complexity index is 800. The van der Waals surface area contributed by atoms with Crippen molar-refractivity contribution in [1.29, 1.82) is 0 Å². The van der Waals surface area contributed by atoms with Crippen LogP contribution >= 0.6 is 0 Å². The molecule has 1 aliphatic heterocycles. The van der Waals surface area contributed by atoms with Gasteiger partial charge in [0.2, 0.25) is 10.9 Å². The zero-order valence-electron chi connectivity index (χ0n) is 12.5. The molecule has 2 aromatic rings. The monoisotopic (exact) mass is 336 g/mol. The van der Waals surface area contributed by atoms with Crippen LogP contribution in [0.5, 0.6) is 0 Å². The Kier molecular flexibility index (Phi) is 4.18. The SMILES string of the molecule is COC(=O)c1ccc(S(=O)(=O)N2CCCC2c2ccncc2)o1. The second-order valence-electron chi connectivity index (χ2n) is 5.16. The van der Waals surface area contributed by atoms with Crippen LogP contribution in [0.25, 0.3) is 0 Å². The Labute approximate surface area is 133 Å². The molecule has 1 atom stereocenters. The number of rotatable bonds is 4. The van der Waals surface area contributed by atoms with Gasteiger partial charge in [-0.05, 0) is 42.7 Å². The van der Waals surface area contributed by atoms with Crippen molar-refractivity contribution in [3.63, 3.8) is 0 Å². The maximum absolute atomic E-state index is 12.8. The molecule has 0 N–H and O–H groups in total. The molecular weight excluding hydrogens is 320 g/mol. The lowest BCUT2D eigenvalue weighted by Gasteiger charge is -2.23. The van der Waals surface area contributed by atoms with E-state index in [9.17, 15) is 13.2 Å². The summed E-state index contributed by atoms with van der Waals surface area (Å²) in [5, 5.41) is -0.251. The average Bonchev–Trinajstić information content (AvgIpc) is 3.24. The van der Waals surface area contributed by atoms with Crippen molar-refractivity contribution in [3.8, 4) is 0 Å². The van der Waals surface area contributed by atoms with Gasteiger partial charge in [0.05, 0.1) is 13.2 Å². The molecule has 0 aliphatic carbocycles. The Morgan fingerprint density at radius 3 is 2.74 bits per heavy atom. The molecule has 122 valence electrons. The van der Waals surface area contributed by atoms with E-state index in [2.05, 4.69) is 9.72 Å². The van der Waals surface area contributed by atoms with E-state index in [-0.39, 0.29) is 16.9 Å². The molecule has 2 aromatic heterocycles. The lowest BCUT2D eigenvalue weighted by Crippen LogP contribution is -2.30. The van der Waals surface area contributed by atoms with E-state index in [0.717, 1.165) is 18.4 Å². The average molecular weight is 336 g/mol. The van der Waals surface area contributed by atoms with E-state index >= 15 is 0 Å². The summed E-state index contributed by atoms with van der Waals surface area (Å²) in [7, 11) is -2.61. The first-order chi connectivity index (χ1) is 11.0. The third-order valence-corrected chi connectivity index (χ3v) is 5.61. The van der Waals surface area contributed by atoms with Gasteiger partial charge in [-0.1, -0.05) is 0 Å². The van der Waals surface area contributed by atoms with E-state index in [0.29, 0.717) is 6.54 Å². The number of pyridine rings is 1. The molecule has 0 aromatic carbocycles. The molecule has 1 aliphatic rings. The van der Waals surface area contributed by atoms with Crippen LogP contribution in [0, 0.1) is 0 Å². The van der Waals surface area contributed by atoms with Gasteiger partial charge in [-0.3, -0.25) is 4.98 Å². The molecule has 0 spiro atoms. The second kappa shape index (κ2) is 6.13. The Morgan fingerprint density at radius 2 is 2.04 bits per heavy atom. The minimum absolute atomic E-state index is 0.134. The summed E-state index contributed by atoms with van der Waals surface area (Å²) in [5.74, 6) is -0.843. The summed E-state index contributed by atoms with van der Waals surface area (Å²) >= 11 is 0. The molecule has 1 saturated heterocycles. The smallest absolute Gasteiger partial charge is 0.374 e. The first-order valence-electron chi connectivity index (χ1n) is 7.14. The molecule has 3 heterocycles. The first kappa shape index (κ1) is 15.7. The van der Waals surface area contributed by atoms with Crippen LogP contribution in [-0.2, 0) is 14.8 Å². The molecule has 23 heavy (non-hydrogen) atoms. The highest BCUT2D eigenvalue weighted by atomic mass is 32.2. The first-order valence-corrected chi connectivity index (χ1v) is 8.58. The standard InChI is InChI=1S/C15H16N2O5S/c1-21-15(18)13-4-5-14(22-13)23(19,20)17-10-2-3-12(17)11-6-8-16-9-7-11/h4-9,12H,2-3,10H2,1H3. The Hall–Kier alpha value is -2.19. The highest BCUT2D eigenvalue weighted by molar-refractivity contribution is 7.89. The summed E-state index contributed by atoms with van der Waals surface area (Å²) in [6.07, 6.45) is 4.77. The van der Waals surface area contributed by atoms with Gasteiger partial charge in [0, 0.05) is 18.9 Å². The maximum atomic E-state index is 12.8. The third-order valence-electron chi connectivity index (χ3n) is 3.83. The zero-order valence-corrected chi connectivity index (χ0v) is 13.3. The second-order valence-corrected chi connectivity index (χ2v) is 6.99. The number of sulfonamides is 1. The number of carbonyl (C=O) groups is 1. The Morgan fingerprint density at radius 1 is 1.30 bits per heavy atom. The number of hydrogen-bond acceptors (Lipinski definition) is 6. The summed E-state index contributed by atoms with van der Waals surface area (Å²) in [6.45, 7) is 0.406. The van der Waals surface area contributed by atoms with Crippen molar-refractivity contribution in [2.75, 3.05) is 13.7 Å². The predicted octanol–water partition coefficient (Wildman–Crippen LogP) is 1.99. The fourth-order valence-corrected chi connectivity index (χ4v) is 4.33. The van der Waals surface area contributed by atoms with E-state index in [1.165, 1.54) is 23.5 Å². The summed E-state index contributed by atoms with van der Waals surface area (Å²) in [5.41, 5.74) is 0.890. The van der Waals surface area contributed by atoms with Gasteiger partial charge in [0.15, 0.2) is 0 Å². The third kappa shape index (κ3) is 2.87. The molecular formula is C15H16N2O5S. The number of aromatic nitrogens is 1. The molecule has 0 saturated carbocycles. The number of esters is 1. The molecule has 1 fully saturated rings. The van der Waals surface area contributed by atoms with Gasteiger partial charge in [-0.2, -0.15) is 4.31 Å². The minimum atomic E-state index is -3.82. The normalized spacial score (nSPS) is 18.9. The quantitative estimate of drug-likeness (QED) is 0.793. The predicted molar refractivity (Wildman–Crippen MR) is 80.2 cm³/mol. The van der Waals surface area contributed by atoms with Crippen LogP contribution in [0.2, 0.25) is 0 Å². The van der Waals surface area contributed by atoms with Crippen molar-refractivity contribution in [2.45, 2.75) is 24.0 Å². The lowest BCUT2D eigenvalue weighted by molar-refractivity contribution is 0.0558. The fourth-order valence-electron chi connectivity index (χ4n) is 2.73. The largest absolute Gasteiger partial charge is 0.463 e. The van der Waals surface area contributed by atoms with Crippen LogP contribution < -0.4 is 0 Å². The van der Waals surface area contributed by atoms with Gasteiger partial charge < -0.3 is 9.15 Å². The van der Waals surface area contributed by atoms with E-state index < -0.39 is 16.0 Å². The number of carbonyl (C=O) groups excluding carboxylic acids is 1. The fraction of sp³-hybridized carbons (Fsp3) is 0.333. The highest BCUT2D eigenvalue weighted by Gasteiger charge is 2.38. The molecule has 0 bridgehead atoms. The molecule has 0 amide bonds. The van der Waals surface area contributed by atoms with Gasteiger partial charge in [0.25, 0.3) is 10.0 Å². The topological polar surface area (TPSA) is 89.7 Å². The highest BCUT2D eigenvalue weighted by Crippen LogP contribution is 2.36. The van der Waals surface area contributed by atoms with Crippen molar-refractivity contribution in [3.05, 3.63) is 48.0 Å². The van der Waals surface area contributed by atoms with Gasteiger partial charge in [0.1, 0.15) is 0 Å². The van der Waals surface area contributed by atoms with Crippen molar-refractivity contribution < 1.29 is 22.4 Å². The number of furan rings is 1. The molecule has 7 nitrogen and oxygen atoms in total.